The van der Waals surface area contributed by atoms with Gasteiger partial charge in [0.1, 0.15) is 5.75 Å². The van der Waals surface area contributed by atoms with Crippen molar-refractivity contribution in [3.8, 4) is 5.75 Å². The third-order valence-corrected chi connectivity index (χ3v) is 4.73. The van der Waals surface area contributed by atoms with E-state index in [9.17, 15) is 0 Å². The molecule has 0 aromatic heterocycles. The smallest absolute Gasteiger partial charge is 0.191 e. The van der Waals surface area contributed by atoms with Gasteiger partial charge in [-0.25, -0.2) is 4.99 Å². The van der Waals surface area contributed by atoms with Gasteiger partial charge in [-0.05, 0) is 54.3 Å². The number of fused-ring (bicyclic) bond motifs is 1. The summed E-state index contributed by atoms with van der Waals surface area (Å²) < 4.78 is 16.4. The Hall–Kier alpha value is -1.58. The molecule has 0 spiro atoms. The highest BCUT2D eigenvalue weighted by molar-refractivity contribution is 14.0. The number of nitrogens with one attached hydrogen (secondary N) is 2. The van der Waals surface area contributed by atoms with Crippen molar-refractivity contribution in [3.05, 3.63) is 42.0 Å². The van der Waals surface area contributed by atoms with Gasteiger partial charge in [0.05, 0.1) is 26.4 Å². The Morgan fingerprint density at radius 2 is 2.00 bits per heavy atom. The lowest BCUT2D eigenvalue weighted by molar-refractivity contribution is 0.0420. The molecule has 0 radical (unpaired) electrons. The molecule has 1 saturated heterocycles. The van der Waals surface area contributed by atoms with Crippen LogP contribution in [0, 0.1) is 0 Å². The number of halogens is 1. The van der Waals surface area contributed by atoms with Crippen LogP contribution in [-0.2, 0) is 16.0 Å². The maximum atomic E-state index is 5.80. The lowest BCUT2D eigenvalue weighted by Gasteiger charge is -2.13. The van der Waals surface area contributed by atoms with Crippen LogP contribution < -0.4 is 15.4 Å². The third kappa shape index (κ3) is 7.64. The van der Waals surface area contributed by atoms with Crippen LogP contribution in [0.2, 0.25) is 0 Å². The number of nitrogens with zero attached hydrogens (tertiary/aromatic N) is 1. The minimum atomic E-state index is 0. The number of guanidine groups is 1. The summed E-state index contributed by atoms with van der Waals surface area (Å²) in [5, 5.41) is 9.04. The van der Waals surface area contributed by atoms with Gasteiger partial charge in [0.15, 0.2) is 5.96 Å². The average molecular weight is 513 g/mol. The summed E-state index contributed by atoms with van der Waals surface area (Å²) in [6.07, 6.45) is 2.23. The summed E-state index contributed by atoms with van der Waals surface area (Å²) in [5.41, 5.74) is 1.18. The van der Waals surface area contributed by atoms with Crippen LogP contribution in [0.3, 0.4) is 0 Å². The molecule has 2 aromatic carbocycles. The highest BCUT2D eigenvalue weighted by Crippen LogP contribution is 2.22. The zero-order valence-electron chi connectivity index (χ0n) is 17.3. The molecule has 0 amide bonds. The van der Waals surface area contributed by atoms with Gasteiger partial charge in [0.25, 0.3) is 0 Å². The summed E-state index contributed by atoms with van der Waals surface area (Å²) in [7, 11) is 1.69. The predicted octanol–water partition coefficient (Wildman–Crippen LogP) is 3.72. The monoisotopic (exact) mass is 513 g/mol. The molecule has 1 fully saturated rings. The van der Waals surface area contributed by atoms with Gasteiger partial charge < -0.3 is 24.8 Å². The van der Waals surface area contributed by atoms with Gasteiger partial charge >= 0.3 is 0 Å². The van der Waals surface area contributed by atoms with Crippen LogP contribution in [0.4, 0.5) is 0 Å². The van der Waals surface area contributed by atoms with Crippen LogP contribution in [0.25, 0.3) is 10.8 Å². The number of aliphatic imine (C=N–C) groups is 1. The van der Waals surface area contributed by atoms with E-state index in [4.69, 9.17) is 19.2 Å². The van der Waals surface area contributed by atoms with E-state index in [1.807, 2.05) is 12.1 Å². The second-order valence-corrected chi connectivity index (χ2v) is 6.88. The van der Waals surface area contributed by atoms with E-state index in [0.717, 1.165) is 57.5 Å². The molecule has 1 aliphatic rings. The van der Waals surface area contributed by atoms with E-state index >= 15 is 0 Å². The normalized spacial score (nSPS) is 16.5. The highest BCUT2D eigenvalue weighted by atomic mass is 127. The predicted molar refractivity (Wildman–Crippen MR) is 129 cm³/mol. The molecule has 160 valence electrons. The van der Waals surface area contributed by atoms with Crippen molar-refractivity contribution in [2.75, 3.05) is 40.0 Å². The molecule has 1 atom stereocenters. The van der Waals surface area contributed by atoms with Crippen molar-refractivity contribution < 1.29 is 14.2 Å². The van der Waals surface area contributed by atoms with Crippen molar-refractivity contribution in [3.63, 3.8) is 0 Å². The molecule has 2 aromatic rings. The number of hydrogen-bond donors (Lipinski definition) is 2. The fourth-order valence-electron chi connectivity index (χ4n) is 3.18. The maximum absolute atomic E-state index is 5.80. The van der Waals surface area contributed by atoms with Crippen molar-refractivity contribution in [1.82, 2.24) is 10.6 Å². The Morgan fingerprint density at radius 1 is 1.17 bits per heavy atom. The molecule has 1 heterocycles. The molecule has 29 heavy (non-hydrogen) atoms. The average Bonchev–Trinajstić information content (AvgIpc) is 3.24. The molecule has 6 nitrogen and oxygen atoms in total. The summed E-state index contributed by atoms with van der Waals surface area (Å²) >= 11 is 0. The fourth-order valence-corrected chi connectivity index (χ4v) is 3.18. The topological polar surface area (TPSA) is 64.1 Å². The Balaban J connectivity index is 0.00000300. The van der Waals surface area contributed by atoms with Gasteiger partial charge in [0, 0.05) is 26.3 Å². The first-order valence-electron chi connectivity index (χ1n) is 10.1. The highest BCUT2D eigenvalue weighted by Gasteiger charge is 2.15. The third-order valence-electron chi connectivity index (χ3n) is 4.73. The second-order valence-electron chi connectivity index (χ2n) is 6.88. The summed E-state index contributed by atoms with van der Waals surface area (Å²) in [6, 6.07) is 12.5. The van der Waals surface area contributed by atoms with Gasteiger partial charge in [0.2, 0.25) is 0 Å². The molecule has 7 heteroatoms. The van der Waals surface area contributed by atoms with Crippen LogP contribution in [0.15, 0.2) is 41.4 Å². The van der Waals surface area contributed by atoms with Crippen molar-refractivity contribution >= 4 is 40.7 Å². The van der Waals surface area contributed by atoms with Crippen molar-refractivity contribution in [1.29, 1.82) is 0 Å². The van der Waals surface area contributed by atoms with Gasteiger partial charge in [-0.3, -0.25) is 0 Å². The molecule has 1 unspecified atom stereocenters. The minimum Gasteiger partial charge on any atom is -0.497 e. The van der Waals surface area contributed by atoms with E-state index in [1.165, 1.54) is 16.3 Å². The van der Waals surface area contributed by atoms with Crippen LogP contribution in [-0.4, -0.2) is 52.1 Å². The first kappa shape index (κ1) is 23.7. The number of benzene rings is 2. The van der Waals surface area contributed by atoms with Crippen LogP contribution in [0.1, 0.15) is 25.3 Å². The van der Waals surface area contributed by atoms with Gasteiger partial charge in [-0.15, -0.1) is 24.0 Å². The Morgan fingerprint density at radius 3 is 2.76 bits per heavy atom. The second kappa shape index (κ2) is 12.9. The first-order chi connectivity index (χ1) is 13.8. The van der Waals surface area contributed by atoms with Crippen LogP contribution in [0.5, 0.6) is 5.75 Å². The Kier molecular flexibility index (Phi) is 10.5. The van der Waals surface area contributed by atoms with Crippen LogP contribution >= 0.6 is 24.0 Å². The van der Waals surface area contributed by atoms with E-state index in [2.05, 4.69) is 41.8 Å². The van der Waals surface area contributed by atoms with E-state index in [-0.39, 0.29) is 30.1 Å². The molecule has 0 aliphatic carbocycles. The number of methoxy groups -OCH3 is 1. The van der Waals surface area contributed by atoms with Gasteiger partial charge in [-0.1, -0.05) is 18.2 Å². The summed E-state index contributed by atoms with van der Waals surface area (Å²) in [6.45, 7) is 6.67. The van der Waals surface area contributed by atoms with Gasteiger partial charge in [-0.2, -0.15) is 0 Å². The van der Waals surface area contributed by atoms with Crippen molar-refractivity contribution in [2.45, 2.75) is 32.4 Å². The standard InChI is InChI=1S/C22H31N3O3.HI/c1-3-23-22(24-10-4-11-28-21-9-12-27-16-21)25-15-17-5-6-19-14-20(26-2)8-7-18(19)13-17;/h5-8,13-14,21H,3-4,9-12,15-16H2,1-2H3,(H2,23,24,25);1H. The maximum Gasteiger partial charge on any atom is 0.191 e. The first-order valence-corrected chi connectivity index (χ1v) is 10.1. The molecule has 0 bridgehead atoms. The molecule has 3 rings (SSSR count). The minimum absolute atomic E-state index is 0. The molecular weight excluding hydrogens is 481 g/mol. The molecule has 1 aliphatic heterocycles. The number of ether oxygens (including phenoxy) is 3. The van der Waals surface area contributed by atoms with E-state index in [1.54, 1.807) is 7.11 Å². The summed E-state index contributed by atoms with van der Waals surface area (Å²) in [4.78, 5) is 4.71. The SMILES string of the molecule is CCNC(=NCc1ccc2cc(OC)ccc2c1)NCCCOC1CCOC1.I. The molecule has 0 saturated carbocycles. The Bertz CT molecular complexity index is 779. The lowest BCUT2D eigenvalue weighted by Crippen LogP contribution is -2.38. The lowest BCUT2D eigenvalue weighted by atomic mass is 10.1. The van der Waals surface area contributed by atoms with Crippen molar-refractivity contribution in [2.24, 2.45) is 4.99 Å². The zero-order valence-corrected chi connectivity index (χ0v) is 19.6. The zero-order chi connectivity index (χ0) is 19.6. The quantitative estimate of drug-likeness (QED) is 0.232. The number of hydrogen-bond acceptors (Lipinski definition) is 4. The largest absolute Gasteiger partial charge is 0.497 e. The van der Waals surface area contributed by atoms with E-state index < -0.39 is 0 Å². The fraction of sp³-hybridized carbons (Fsp3) is 0.500. The van der Waals surface area contributed by atoms with E-state index in [0.29, 0.717) is 6.54 Å². The molecular formula is C22H32IN3O3. The molecule has 2 N–H and O–H groups in total. The number of rotatable bonds is 9. The summed E-state index contributed by atoms with van der Waals surface area (Å²) in [5.74, 6) is 1.71. The Labute approximate surface area is 190 Å².